The lowest BCUT2D eigenvalue weighted by atomic mass is 10.2. The standard InChI is InChI=1S/C13H16N2O2.C2H6/c1-9-5-6-10-8-14-15(11(10)7-9)12(16)17-13(2,3)4;1-2/h5-8H,1-4H3;1-2H3. The SMILES string of the molecule is CC.Cc1ccc2cnn(C(=O)OC(C)(C)C)c2c1. The zero-order valence-corrected chi connectivity index (χ0v) is 12.5. The van der Waals surface area contributed by atoms with Crippen molar-refractivity contribution in [2.75, 3.05) is 0 Å². The lowest BCUT2D eigenvalue weighted by Gasteiger charge is -2.19. The highest BCUT2D eigenvalue weighted by atomic mass is 16.6. The van der Waals surface area contributed by atoms with Crippen LogP contribution in [0.2, 0.25) is 0 Å². The van der Waals surface area contributed by atoms with E-state index in [1.807, 2.05) is 59.7 Å². The maximum atomic E-state index is 11.9. The van der Waals surface area contributed by atoms with E-state index in [1.54, 1.807) is 6.20 Å². The fraction of sp³-hybridized carbons (Fsp3) is 0.467. The fourth-order valence-corrected chi connectivity index (χ4v) is 1.58. The molecule has 0 aliphatic rings. The number of fused-ring (bicyclic) bond motifs is 1. The van der Waals surface area contributed by atoms with Gasteiger partial charge in [-0.2, -0.15) is 9.78 Å². The molecular weight excluding hydrogens is 240 g/mol. The van der Waals surface area contributed by atoms with Gasteiger partial charge in [-0.25, -0.2) is 4.79 Å². The van der Waals surface area contributed by atoms with Crippen molar-refractivity contribution in [3.8, 4) is 0 Å². The quantitative estimate of drug-likeness (QED) is 0.716. The minimum absolute atomic E-state index is 0.446. The summed E-state index contributed by atoms with van der Waals surface area (Å²) >= 11 is 0. The van der Waals surface area contributed by atoms with E-state index < -0.39 is 11.7 Å². The van der Waals surface area contributed by atoms with Crippen LogP contribution in [0.3, 0.4) is 0 Å². The van der Waals surface area contributed by atoms with Crippen LogP contribution in [0.5, 0.6) is 0 Å². The summed E-state index contributed by atoms with van der Waals surface area (Å²) in [5, 5.41) is 4.99. The molecule has 19 heavy (non-hydrogen) atoms. The maximum absolute atomic E-state index is 11.9. The Labute approximate surface area is 114 Å². The summed E-state index contributed by atoms with van der Waals surface area (Å²) in [6.07, 6.45) is 1.22. The van der Waals surface area contributed by atoms with Gasteiger partial charge in [0.15, 0.2) is 0 Å². The van der Waals surface area contributed by atoms with E-state index in [2.05, 4.69) is 5.10 Å². The van der Waals surface area contributed by atoms with E-state index in [4.69, 9.17) is 4.74 Å². The number of rotatable bonds is 0. The first-order valence-corrected chi connectivity index (χ1v) is 6.54. The van der Waals surface area contributed by atoms with Gasteiger partial charge in [0.2, 0.25) is 0 Å². The van der Waals surface area contributed by atoms with Crippen molar-refractivity contribution < 1.29 is 9.53 Å². The molecule has 2 aromatic rings. The first-order valence-electron chi connectivity index (χ1n) is 6.54. The van der Waals surface area contributed by atoms with Gasteiger partial charge in [-0.3, -0.25) is 0 Å². The van der Waals surface area contributed by atoms with Crippen molar-refractivity contribution in [3.05, 3.63) is 30.0 Å². The smallest absolute Gasteiger partial charge is 0.435 e. The lowest BCUT2D eigenvalue weighted by molar-refractivity contribution is 0.0523. The molecule has 0 unspecified atom stereocenters. The van der Waals surface area contributed by atoms with Gasteiger partial charge in [-0.1, -0.05) is 26.0 Å². The van der Waals surface area contributed by atoms with Crippen LogP contribution < -0.4 is 0 Å². The second-order valence-electron chi connectivity index (χ2n) is 5.10. The molecule has 4 nitrogen and oxygen atoms in total. The molecule has 4 heteroatoms. The van der Waals surface area contributed by atoms with Crippen LogP contribution in [-0.4, -0.2) is 21.5 Å². The average Bonchev–Trinajstić information content (AvgIpc) is 2.72. The number of aromatic nitrogens is 2. The molecule has 1 aromatic heterocycles. The van der Waals surface area contributed by atoms with Gasteiger partial charge < -0.3 is 4.74 Å². The van der Waals surface area contributed by atoms with Crippen LogP contribution in [-0.2, 0) is 4.74 Å². The number of nitrogens with zero attached hydrogens (tertiary/aromatic N) is 2. The molecule has 0 atom stereocenters. The van der Waals surface area contributed by atoms with E-state index in [9.17, 15) is 4.79 Å². The molecule has 0 fully saturated rings. The molecular formula is C15H22N2O2. The van der Waals surface area contributed by atoms with Crippen LogP contribution in [0.25, 0.3) is 10.9 Å². The van der Waals surface area contributed by atoms with Crippen molar-refractivity contribution in [2.24, 2.45) is 0 Å². The molecule has 0 saturated carbocycles. The van der Waals surface area contributed by atoms with Crippen molar-refractivity contribution in [1.82, 2.24) is 9.78 Å². The molecule has 0 amide bonds. The van der Waals surface area contributed by atoms with E-state index in [0.29, 0.717) is 0 Å². The molecule has 1 aromatic carbocycles. The van der Waals surface area contributed by atoms with Gasteiger partial charge in [-0.05, 0) is 39.3 Å². The number of aryl methyl sites for hydroxylation is 1. The number of hydrogen-bond donors (Lipinski definition) is 0. The maximum Gasteiger partial charge on any atom is 0.435 e. The summed E-state index contributed by atoms with van der Waals surface area (Å²) < 4.78 is 6.59. The highest BCUT2D eigenvalue weighted by Crippen LogP contribution is 2.17. The van der Waals surface area contributed by atoms with E-state index in [0.717, 1.165) is 16.5 Å². The average molecular weight is 262 g/mol. The largest absolute Gasteiger partial charge is 0.442 e. The van der Waals surface area contributed by atoms with Crippen LogP contribution in [0.4, 0.5) is 4.79 Å². The van der Waals surface area contributed by atoms with Gasteiger partial charge in [0, 0.05) is 5.39 Å². The van der Waals surface area contributed by atoms with E-state index in [1.165, 1.54) is 4.68 Å². The number of hydrogen-bond acceptors (Lipinski definition) is 3. The van der Waals surface area contributed by atoms with Gasteiger partial charge in [0.05, 0.1) is 11.7 Å². The Morgan fingerprint density at radius 1 is 1.26 bits per heavy atom. The van der Waals surface area contributed by atoms with Crippen molar-refractivity contribution in [2.45, 2.75) is 47.1 Å². The second-order valence-corrected chi connectivity index (χ2v) is 5.10. The Bertz CT molecular complexity index is 565. The van der Waals surface area contributed by atoms with Crippen molar-refractivity contribution >= 4 is 17.0 Å². The highest BCUT2D eigenvalue weighted by molar-refractivity contribution is 5.88. The molecule has 0 bridgehead atoms. The Hall–Kier alpha value is -1.84. The summed E-state index contributed by atoms with van der Waals surface area (Å²) in [6, 6.07) is 5.86. The lowest BCUT2D eigenvalue weighted by Crippen LogP contribution is -2.27. The number of ether oxygens (including phenoxy) is 1. The fourth-order valence-electron chi connectivity index (χ4n) is 1.58. The first kappa shape index (κ1) is 15.2. The monoisotopic (exact) mass is 262 g/mol. The molecule has 104 valence electrons. The van der Waals surface area contributed by atoms with Gasteiger partial charge in [-0.15, -0.1) is 0 Å². The topological polar surface area (TPSA) is 44.1 Å². The van der Waals surface area contributed by atoms with Crippen LogP contribution in [0, 0.1) is 6.92 Å². The van der Waals surface area contributed by atoms with Gasteiger partial charge in [0.25, 0.3) is 0 Å². The summed E-state index contributed by atoms with van der Waals surface area (Å²) in [5.74, 6) is 0. The number of carbonyl (C=O) groups is 1. The zero-order chi connectivity index (χ0) is 14.6. The van der Waals surface area contributed by atoms with Gasteiger partial charge in [0.1, 0.15) is 5.60 Å². The van der Waals surface area contributed by atoms with Crippen LogP contribution >= 0.6 is 0 Å². The predicted molar refractivity (Wildman–Crippen MR) is 77.5 cm³/mol. The van der Waals surface area contributed by atoms with Crippen molar-refractivity contribution in [3.63, 3.8) is 0 Å². The predicted octanol–water partition coefficient (Wildman–Crippen LogP) is 4.15. The Kier molecular flexibility index (Phi) is 4.70. The molecule has 0 radical (unpaired) electrons. The first-order chi connectivity index (χ1) is 8.87. The van der Waals surface area contributed by atoms with Crippen LogP contribution in [0.15, 0.2) is 24.4 Å². The molecule has 0 aliphatic carbocycles. The van der Waals surface area contributed by atoms with Crippen LogP contribution in [0.1, 0.15) is 40.2 Å². The minimum Gasteiger partial charge on any atom is -0.442 e. The molecule has 0 aliphatic heterocycles. The second kappa shape index (κ2) is 5.87. The Balaban J connectivity index is 0.000000861. The summed E-state index contributed by atoms with van der Waals surface area (Å²) in [4.78, 5) is 11.9. The normalized spacial score (nSPS) is 10.8. The summed E-state index contributed by atoms with van der Waals surface area (Å²) in [7, 11) is 0. The minimum atomic E-state index is -0.515. The third-order valence-corrected chi connectivity index (χ3v) is 2.29. The highest BCUT2D eigenvalue weighted by Gasteiger charge is 2.19. The Morgan fingerprint density at radius 2 is 1.89 bits per heavy atom. The summed E-state index contributed by atoms with van der Waals surface area (Å²) in [6.45, 7) is 11.5. The third kappa shape index (κ3) is 3.81. The Morgan fingerprint density at radius 3 is 2.47 bits per heavy atom. The molecule has 0 spiro atoms. The third-order valence-electron chi connectivity index (χ3n) is 2.29. The van der Waals surface area contributed by atoms with E-state index >= 15 is 0 Å². The van der Waals surface area contributed by atoms with Crippen molar-refractivity contribution in [1.29, 1.82) is 0 Å². The molecule has 2 rings (SSSR count). The van der Waals surface area contributed by atoms with Gasteiger partial charge >= 0.3 is 6.09 Å². The summed E-state index contributed by atoms with van der Waals surface area (Å²) in [5.41, 5.74) is 1.35. The molecule has 0 saturated heterocycles. The molecule has 1 heterocycles. The molecule has 0 N–H and O–H groups in total. The zero-order valence-electron chi connectivity index (χ0n) is 12.5. The van der Waals surface area contributed by atoms with E-state index in [-0.39, 0.29) is 0 Å². The number of carbonyl (C=O) groups excluding carboxylic acids is 1. The number of benzene rings is 1.